The average Bonchev–Trinajstić information content (AvgIpc) is 2.60. The fourth-order valence-electron chi connectivity index (χ4n) is 2.49. The summed E-state index contributed by atoms with van der Waals surface area (Å²) in [6.07, 6.45) is 2.04. The molecule has 2 rings (SSSR count). The van der Waals surface area contributed by atoms with Gasteiger partial charge in [0.15, 0.2) is 0 Å². The Balaban J connectivity index is 2.21. The van der Waals surface area contributed by atoms with Crippen LogP contribution in [0.4, 0.5) is 0 Å². The van der Waals surface area contributed by atoms with Gasteiger partial charge in [-0.1, -0.05) is 62.4 Å². The maximum Gasteiger partial charge on any atom is 0.337 e. The van der Waals surface area contributed by atoms with Gasteiger partial charge in [0.05, 0.1) is 12.2 Å². The van der Waals surface area contributed by atoms with Crippen LogP contribution >= 0.6 is 0 Å². The van der Waals surface area contributed by atoms with Crippen molar-refractivity contribution in [1.82, 2.24) is 0 Å². The molecule has 0 radical (unpaired) electrons. The lowest BCUT2D eigenvalue weighted by molar-refractivity contribution is -0.138. The lowest BCUT2D eigenvalue weighted by atomic mass is 9.79. The molecule has 0 heterocycles. The van der Waals surface area contributed by atoms with Crippen LogP contribution in [0.2, 0.25) is 0 Å². The van der Waals surface area contributed by atoms with Crippen LogP contribution in [0.5, 0.6) is 5.75 Å². The van der Waals surface area contributed by atoms with Gasteiger partial charge in [-0.25, -0.2) is 4.79 Å². The zero-order valence-corrected chi connectivity index (χ0v) is 14.5. The minimum absolute atomic E-state index is 0.208. The van der Waals surface area contributed by atoms with Crippen LogP contribution in [0.3, 0.4) is 0 Å². The normalized spacial score (nSPS) is 11.9. The van der Waals surface area contributed by atoms with Gasteiger partial charge in [-0.2, -0.15) is 0 Å². The van der Waals surface area contributed by atoms with Crippen molar-refractivity contribution in [3.63, 3.8) is 0 Å². The van der Waals surface area contributed by atoms with Crippen LogP contribution in [-0.2, 0) is 14.9 Å². The third-order valence-electron chi connectivity index (χ3n) is 3.81. The van der Waals surface area contributed by atoms with Gasteiger partial charge in [-0.3, -0.25) is 0 Å². The van der Waals surface area contributed by atoms with E-state index in [1.807, 2.05) is 48.5 Å². The fraction of sp³-hybridized carbons (Fsp3) is 0.286. The number of esters is 1. The summed E-state index contributed by atoms with van der Waals surface area (Å²) in [6, 6.07) is 19.5. The molecule has 2 aromatic carbocycles. The van der Waals surface area contributed by atoms with Gasteiger partial charge >= 0.3 is 5.97 Å². The van der Waals surface area contributed by atoms with Gasteiger partial charge in [0.25, 0.3) is 0 Å². The SMILES string of the molecule is CCOC(=O)/C(=C\Oc1ccccc1)CC(C)(C)c1ccccc1. The van der Waals surface area contributed by atoms with Crippen LogP contribution in [-0.4, -0.2) is 12.6 Å². The molecule has 0 N–H and O–H groups in total. The Morgan fingerprint density at radius 2 is 1.58 bits per heavy atom. The second kappa shape index (κ2) is 8.34. The number of para-hydroxylation sites is 1. The van der Waals surface area contributed by atoms with Gasteiger partial charge in [-0.15, -0.1) is 0 Å². The zero-order valence-electron chi connectivity index (χ0n) is 14.5. The van der Waals surface area contributed by atoms with E-state index >= 15 is 0 Å². The average molecular weight is 324 g/mol. The first kappa shape index (κ1) is 17.8. The van der Waals surface area contributed by atoms with Crippen molar-refractivity contribution >= 4 is 5.97 Å². The Morgan fingerprint density at radius 3 is 2.17 bits per heavy atom. The zero-order chi connectivity index (χ0) is 17.4. The van der Waals surface area contributed by atoms with E-state index in [4.69, 9.17) is 9.47 Å². The number of hydrogen-bond donors (Lipinski definition) is 0. The standard InChI is InChI=1S/C21H24O3/c1-4-23-20(22)17(16-24-19-13-9-6-10-14-19)15-21(2,3)18-11-7-5-8-12-18/h5-14,16H,4,15H2,1-3H3/b17-16-. The Bertz CT molecular complexity index is 673. The highest BCUT2D eigenvalue weighted by Crippen LogP contribution is 2.31. The Morgan fingerprint density at radius 1 is 1.00 bits per heavy atom. The second-order valence-electron chi connectivity index (χ2n) is 6.22. The van der Waals surface area contributed by atoms with Crippen molar-refractivity contribution < 1.29 is 14.3 Å². The van der Waals surface area contributed by atoms with Crippen molar-refractivity contribution in [2.45, 2.75) is 32.6 Å². The molecule has 0 aliphatic heterocycles. The number of hydrogen-bond acceptors (Lipinski definition) is 3. The number of carbonyl (C=O) groups is 1. The molecule has 0 amide bonds. The summed E-state index contributed by atoms with van der Waals surface area (Å²) in [5.41, 5.74) is 1.48. The first-order chi connectivity index (χ1) is 11.5. The van der Waals surface area contributed by atoms with E-state index < -0.39 is 0 Å². The third kappa shape index (κ3) is 4.98. The van der Waals surface area contributed by atoms with Crippen molar-refractivity contribution in [2.75, 3.05) is 6.61 Å². The van der Waals surface area contributed by atoms with Gasteiger partial charge in [0.2, 0.25) is 0 Å². The first-order valence-electron chi connectivity index (χ1n) is 8.16. The van der Waals surface area contributed by atoms with Crippen molar-refractivity contribution in [3.8, 4) is 5.75 Å². The molecule has 0 atom stereocenters. The molecule has 0 aliphatic carbocycles. The van der Waals surface area contributed by atoms with Crippen molar-refractivity contribution in [1.29, 1.82) is 0 Å². The molecule has 126 valence electrons. The minimum atomic E-state index is -0.336. The van der Waals surface area contributed by atoms with Crippen molar-refractivity contribution in [3.05, 3.63) is 78.1 Å². The first-order valence-corrected chi connectivity index (χ1v) is 8.16. The van der Waals surface area contributed by atoms with E-state index in [1.165, 1.54) is 11.8 Å². The fourth-order valence-corrected chi connectivity index (χ4v) is 2.49. The summed E-state index contributed by atoms with van der Waals surface area (Å²) in [4.78, 5) is 12.3. The number of carbonyl (C=O) groups excluding carboxylic acids is 1. The molecule has 0 bridgehead atoms. The summed E-state index contributed by atoms with van der Waals surface area (Å²) >= 11 is 0. The van der Waals surface area contributed by atoms with Crippen LogP contribution in [0, 0.1) is 0 Å². The molecule has 3 heteroatoms. The lowest BCUT2D eigenvalue weighted by Crippen LogP contribution is -2.22. The molecule has 0 aromatic heterocycles. The summed E-state index contributed by atoms with van der Waals surface area (Å²) in [7, 11) is 0. The molecule has 0 saturated carbocycles. The van der Waals surface area contributed by atoms with E-state index in [9.17, 15) is 4.79 Å². The van der Waals surface area contributed by atoms with E-state index in [-0.39, 0.29) is 11.4 Å². The van der Waals surface area contributed by atoms with Gasteiger partial charge in [0, 0.05) is 0 Å². The number of rotatable bonds is 7. The lowest BCUT2D eigenvalue weighted by Gasteiger charge is -2.26. The van der Waals surface area contributed by atoms with Crippen LogP contribution in [0.15, 0.2) is 72.5 Å². The van der Waals surface area contributed by atoms with Crippen LogP contribution < -0.4 is 4.74 Å². The molecule has 2 aromatic rings. The third-order valence-corrected chi connectivity index (χ3v) is 3.81. The molecule has 0 saturated heterocycles. The molecular formula is C21H24O3. The molecule has 24 heavy (non-hydrogen) atoms. The summed E-state index contributed by atoms with van der Waals surface area (Å²) in [5, 5.41) is 0. The molecule has 3 nitrogen and oxygen atoms in total. The topological polar surface area (TPSA) is 35.5 Å². The van der Waals surface area contributed by atoms with Gasteiger partial charge in [-0.05, 0) is 36.5 Å². The summed E-state index contributed by atoms with van der Waals surface area (Å²) in [6.45, 7) is 6.36. The van der Waals surface area contributed by atoms with Gasteiger partial charge in [0.1, 0.15) is 12.0 Å². The molecule has 0 unspecified atom stereocenters. The van der Waals surface area contributed by atoms with Crippen LogP contribution in [0.25, 0.3) is 0 Å². The predicted octanol–water partition coefficient (Wildman–Crippen LogP) is 4.88. The molecule has 0 fully saturated rings. The van der Waals surface area contributed by atoms with E-state index in [0.717, 1.165) is 0 Å². The smallest absolute Gasteiger partial charge is 0.337 e. The summed E-state index contributed by atoms with van der Waals surface area (Å²) in [5.74, 6) is 0.356. The van der Waals surface area contributed by atoms with Gasteiger partial charge < -0.3 is 9.47 Å². The highest BCUT2D eigenvalue weighted by Gasteiger charge is 2.26. The minimum Gasteiger partial charge on any atom is -0.464 e. The molecule has 0 aliphatic rings. The van der Waals surface area contributed by atoms with E-state index in [2.05, 4.69) is 26.0 Å². The Kier molecular flexibility index (Phi) is 6.19. The maximum absolute atomic E-state index is 12.3. The Labute approximate surface area is 143 Å². The monoisotopic (exact) mass is 324 g/mol. The molecule has 0 spiro atoms. The second-order valence-corrected chi connectivity index (χ2v) is 6.22. The summed E-state index contributed by atoms with van der Waals surface area (Å²) < 4.78 is 10.8. The quantitative estimate of drug-likeness (QED) is 0.414. The molecular weight excluding hydrogens is 300 g/mol. The maximum atomic E-state index is 12.3. The number of ether oxygens (including phenoxy) is 2. The van der Waals surface area contributed by atoms with E-state index in [0.29, 0.717) is 24.4 Å². The Hall–Kier alpha value is -2.55. The highest BCUT2D eigenvalue weighted by atomic mass is 16.5. The van der Waals surface area contributed by atoms with Crippen LogP contribution in [0.1, 0.15) is 32.8 Å². The predicted molar refractivity (Wildman–Crippen MR) is 95.9 cm³/mol. The largest absolute Gasteiger partial charge is 0.464 e. The van der Waals surface area contributed by atoms with E-state index in [1.54, 1.807) is 6.92 Å². The number of benzene rings is 2. The van der Waals surface area contributed by atoms with Crippen molar-refractivity contribution in [2.24, 2.45) is 0 Å². The highest BCUT2D eigenvalue weighted by molar-refractivity contribution is 5.88.